The van der Waals surface area contributed by atoms with Crippen LogP contribution >= 0.6 is 23.2 Å². The maximum Gasteiger partial charge on any atom is 0.258 e. The second kappa shape index (κ2) is 10.1. The third kappa shape index (κ3) is 3.72. The normalized spacial score (nSPS) is 32.1. The van der Waals surface area contributed by atoms with Gasteiger partial charge >= 0.3 is 0 Å². The molecule has 0 radical (unpaired) electrons. The molecule has 2 aromatic rings. The quantitative estimate of drug-likeness (QED) is 0.282. The fourth-order valence-corrected chi connectivity index (χ4v) is 8.22. The number of ether oxygens (including phenoxy) is 1. The van der Waals surface area contributed by atoms with Gasteiger partial charge in [-0.1, -0.05) is 30.7 Å². The number of amides is 4. The number of rotatable bonds is 6. The zero-order valence-corrected chi connectivity index (χ0v) is 24.5. The summed E-state index contributed by atoms with van der Waals surface area (Å²) in [5.74, 6) is -6.23. The van der Waals surface area contributed by atoms with Gasteiger partial charge < -0.3 is 9.84 Å². The summed E-state index contributed by atoms with van der Waals surface area (Å²) in [7, 11) is 0. The molecule has 6 rings (SSSR count). The molecule has 220 valence electrons. The summed E-state index contributed by atoms with van der Waals surface area (Å²) in [4.78, 5) is 53.5. The summed E-state index contributed by atoms with van der Waals surface area (Å²) < 4.78 is 19.4. The fourth-order valence-electron chi connectivity index (χ4n) is 7.30. The molecule has 11 heteroatoms. The Morgan fingerprint density at radius 1 is 1.00 bits per heavy atom. The minimum atomic E-state index is -2.13. The van der Waals surface area contributed by atoms with Gasteiger partial charge in [0.1, 0.15) is 5.82 Å². The van der Waals surface area contributed by atoms with Crippen LogP contribution in [0.2, 0.25) is 0 Å². The lowest BCUT2D eigenvalue weighted by molar-refractivity contribution is -0.140. The molecular weight excluding hydrogens is 586 g/mol. The van der Waals surface area contributed by atoms with Crippen molar-refractivity contribution in [3.63, 3.8) is 0 Å². The average Bonchev–Trinajstić information content (AvgIpc) is 3.29. The number of fused-ring (bicyclic) bond motifs is 4. The number of benzene rings is 2. The lowest BCUT2D eigenvalue weighted by Crippen LogP contribution is -2.60. The van der Waals surface area contributed by atoms with Gasteiger partial charge in [0, 0.05) is 18.0 Å². The molecule has 0 aromatic heterocycles. The summed E-state index contributed by atoms with van der Waals surface area (Å²) in [6.45, 7) is 4.15. The predicted molar refractivity (Wildman–Crippen MR) is 153 cm³/mol. The molecule has 4 amide bonds. The Bertz CT molecular complexity index is 1550. The van der Waals surface area contributed by atoms with Crippen molar-refractivity contribution in [2.75, 3.05) is 18.1 Å². The molecule has 0 bridgehead atoms. The van der Waals surface area contributed by atoms with Gasteiger partial charge in [-0.3, -0.25) is 24.1 Å². The summed E-state index contributed by atoms with van der Waals surface area (Å²) in [5.41, 5.74) is 0.857. The SMILES string of the molecule is CCCN1C(=O)[C@H]2[C@H](CC=C3[C@H]2C[C@@]2(Cl)C(=O)N(c4ccc(F)cc4)C(=O)[C@@]2(Cl)[C@H]3c2cccc(OCC)c2O)C1=O. The molecule has 6 atom stereocenters. The number of halogens is 3. The molecule has 2 aliphatic heterocycles. The molecular formula is C31H29Cl2FN2O6. The van der Waals surface area contributed by atoms with Gasteiger partial charge in [0.25, 0.3) is 11.8 Å². The number of hydrogen-bond donors (Lipinski definition) is 1. The molecule has 42 heavy (non-hydrogen) atoms. The molecule has 2 saturated heterocycles. The molecule has 2 heterocycles. The maximum absolute atomic E-state index is 14.3. The first-order chi connectivity index (χ1) is 20.0. The van der Waals surface area contributed by atoms with Crippen LogP contribution in [0.5, 0.6) is 11.5 Å². The molecule has 0 unspecified atom stereocenters. The van der Waals surface area contributed by atoms with Crippen molar-refractivity contribution >= 4 is 52.5 Å². The standard InChI is InChI=1S/C31H29Cl2FN2O6/c1-3-14-35-26(38)19-13-12-18-21(23(19)27(35)39)15-30(32)28(40)36(17-10-8-16(34)9-11-17)29(41)31(30,33)24(18)20-6-5-7-22(25(20)37)42-4-2/h5-12,19,21,23-24,37H,3-4,13-15H2,1-2H3/t19-,21+,23-,24+,30+,31-/m0/s1. The van der Waals surface area contributed by atoms with Crippen molar-refractivity contribution in [3.05, 3.63) is 65.5 Å². The Balaban J connectivity index is 1.57. The second-order valence-corrected chi connectivity index (χ2v) is 12.4. The number of aromatic hydroxyl groups is 1. The van der Waals surface area contributed by atoms with Gasteiger partial charge in [-0.2, -0.15) is 0 Å². The van der Waals surface area contributed by atoms with Gasteiger partial charge in [0.05, 0.1) is 24.1 Å². The number of hydrogen-bond acceptors (Lipinski definition) is 6. The Hall–Kier alpha value is -3.43. The van der Waals surface area contributed by atoms with Crippen molar-refractivity contribution in [1.82, 2.24) is 4.90 Å². The number of allylic oxidation sites excluding steroid dienone is 2. The lowest BCUT2D eigenvalue weighted by atomic mass is 9.56. The monoisotopic (exact) mass is 614 g/mol. The van der Waals surface area contributed by atoms with Gasteiger partial charge in [-0.15, -0.1) is 23.2 Å². The fraction of sp³-hybridized carbons (Fsp3) is 0.419. The highest BCUT2D eigenvalue weighted by molar-refractivity contribution is 6.58. The molecule has 2 aliphatic carbocycles. The topological polar surface area (TPSA) is 104 Å². The Morgan fingerprint density at radius 2 is 1.71 bits per heavy atom. The van der Waals surface area contributed by atoms with Crippen LogP contribution in [0.25, 0.3) is 0 Å². The Morgan fingerprint density at radius 3 is 2.38 bits per heavy atom. The summed E-state index contributed by atoms with van der Waals surface area (Å²) in [6, 6.07) is 9.60. The number of carbonyl (C=O) groups excluding carboxylic acids is 4. The Labute approximate surface area is 252 Å². The van der Waals surface area contributed by atoms with E-state index >= 15 is 0 Å². The van der Waals surface area contributed by atoms with Gasteiger partial charge in [0.2, 0.25) is 11.8 Å². The number of carbonyl (C=O) groups is 4. The zero-order chi connectivity index (χ0) is 30.1. The summed E-state index contributed by atoms with van der Waals surface area (Å²) in [6.07, 6.45) is 2.44. The number of alkyl halides is 2. The van der Waals surface area contributed by atoms with Crippen molar-refractivity contribution < 1.29 is 33.4 Å². The van der Waals surface area contributed by atoms with E-state index in [-0.39, 0.29) is 60.6 Å². The second-order valence-electron chi connectivity index (χ2n) is 11.2. The maximum atomic E-state index is 14.3. The number of nitrogens with zero attached hydrogens (tertiary/aromatic N) is 2. The van der Waals surface area contributed by atoms with E-state index in [1.165, 1.54) is 17.0 Å². The smallest absolute Gasteiger partial charge is 0.258 e. The van der Waals surface area contributed by atoms with Crippen LogP contribution in [0.4, 0.5) is 10.1 Å². The van der Waals surface area contributed by atoms with E-state index in [0.29, 0.717) is 12.0 Å². The minimum Gasteiger partial charge on any atom is -0.504 e. The van der Waals surface area contributed by atoms with E-state index in [1.54, 1.807) is 25.1 Å². The molecule has 8 nitrogen and oxygen atoms in total. The molecule has 1 saturated carbocycles. The van der Waals surface area contributed by atoms with Gasteiger partial charge in [0.15, 0.2) is 21.2 Å². The highest BCUT2D eigenvalue weighted by Crippen LogP contribution is 2.66. The van der Waals surface area contributed by atoms with E-state index in [1.807, 2.05) is 13.0 Å². The van der Waals surface area contributed by atoms with Crippen LogP contribution in [-0.4, -0.2) is 56.5 Å². The zero-order valence-electron chi connectivity index (χ0n) is 23.0. The van der Waals surface area contributed by atoms with Crippen LogP contribution in [-0.2, 0) is 19.2 Å². The van der Waals surface area contributed by atoms with Gasteiger partial charge in [-0.25, -0.2) is 9.29 Å². The van der Waals surface area contributed by atoms with E-state index < -0.39 is 51.1 Å². The van der Waals surface area contributed by atoms with Crippen molar-refractivity contribution in [1.29, 1.82) is 0 Å². The number of phenols is 1. The van der Waals surface area contributed by atoms with Crippen molar-refractivity contribution in [2.24, 2.45) is 17.8 Å². The number of anilines is 1. The summed E-state index contributed by atoms with van der Waals surface area (Å²) in [5, 5.41) is 11.4. The predicted octanol–water partition coefficient (Wildman–Crippen LogP) is 4.90. The van der Waals surface area contributed by atoms with Crippen molar-refractivity contribution in [2.45, 2.75) is 48.8 Å². The highest BCUT2D eigenvalue weighted by Gasteiger charge is 2.76. The molecule has 1 N–H and O–H groups in total. The number of likely N-dealkylation sites (tertiary alicyclic amines) is 1. The van der Waals surface area contributed by atoms with E-state index in [0.717, 1.165) is 17.0 Å². The number of phenolic OH excluding ortho intramolecular Hbond substituents is 1. The van der Waals surface area contributed by atoms with E-state index in [9.17, 15) is 28.7 Å². The number of para-hydroxylation sites is 1. The molecule has 3 fully saturated rings. The van der Waals surface area contributed by atoms with E-state index in [4.69, 9.17) is 27.9 Å². The third-order valence-electron chi connectivity index (χ3n) is 9.08. The average molecular weight is 615 g/mol. The first-order valence-corrected chi connectivity index (χ1v) is 14.8. The molecule has 4 aliphatic rings. The summed E-state index contributed by atoms with van der Waals surface area (Å²) >= 11 is 14.6. The first kappa shape index (κ1) is 28.7. The Kier molecular flexibility index (Phi) is 6.89. The molecule has 2 aromatic carbocycles. The van der Waals surface area contributed by atoms with E-state index in [2.05, 4.69) is 0 Å². The largest absolute Gasteiger partial charge is 0.504 e. The van der Waals surface area contributed by atoms with Crippen LogP contribution in [0.3, 0.4) is 0 Å². The van der Waals surface area contributed by atoms with Crippen LogP contribution in [0, 0.1) is 23.6 Å². The van der Waals surface area contributed by atoms with Gasteiger partial charge in [-0.05, 0) is 62.4 Å². The minimum absolute atomic E-state index is 0.0861. The third-order valence-corrected chi connectivity index (χ3v) is 10.5. The van der Waals surface area contributed by atoms with Crippen LogP contribution < -0.4 is 9.64 Å². The lowest BCUT2D eigenvalue weighted by Gasteiger charge is -2.50. The van der Waals surface area contributed by atoms with Crippen LogP contribution in [0.1, 0.15) is 44.6 Å². The van der Waals surface area contributed by atoms with Crippen molar-refractivity contribution in [3.8, 4) is 11.5 Å². The molecule has 0 spiro atoms. The first-order valence-electron chi connectivity index (χ1n) is 14.0. The highest BCUT2D eigenvalue weighted by atomic mass is 35.5. The number of imide groups is 2. The van der Waals surface area contributed by atoms with Crippen LogP contribution in [0.15, 0.2) is 54.1 Å².